The summed E-state index contributed by atoms with van der Waals surface area (Å²) in [5.41, 5.74) is 2.47. The van der Waals surface area contributed by atoms with E-state index in [1.165, 1.54) is 24.1 Å². The van der Waals surface area contributed by atoms with Crippen LogP contribution in [0.15, 0.2) is 6.33 Å². The lowest BCUT2D eigenvalue weighted by Crippen LogP contribution is -2.27. The zero-order valence-electron chi connectivity index (χ0n) is 11.1. The number of hydrogen-bond acceptors (Lipinski definition) is 5. The molecule has 1 heterocycles. The smallest absolute Gasteiger partial charge is 0.132 e. The zero-order valence-corrected chi connectivity index (χ0v) is 11.1. The van der Waals surface area contributed by atoms with E-state index in [-0.39, 0.29) is 6.10 Å². The topological polar surface area (TPSA) is 56.3 Å². The van der Waals surface area contributed by atoms with Crippen molar-refractivity contribution in [3.05, 3.63) is 17.6 Å². The highest BCUT2D eigenvalue weighted by Gasteiger charge is 2.16. The number of rotatable bonds is 6. The molecule has 0 saturated heterocycles. The molecule has 0 radical (unpaired) electrons. The maximum Gasteiger partial charge on any atom is 0.132 e. The molecule has 0 fully saturated rings. The van der Waals surface area contributed by atoms with Crippen molar-refractivity contribution < 1.29 is 9.47 Å². The van der Waals surface area contributed by atoms with Gasteiger partial charge in [-0.2, -0.15) is 0 Å². The van der Waals surface area contributed by atoms with E-state index >= 15 is 0 Å². The van der Waals surface area contributed by atoms with Gasteiger partial charge in [0.25, 0.3) is 0 Å². The van der Waals surface area contributed by atoms with Crippen molar-refractivity contribution in [1.29, 1.82) is 0 Å². The highest BCUT2D eigenvalue weighted by atomic mass is 16.5. The largest absolute Gasteiger partial charge is 0.382 e. The van der Waals surface area contributed by atoms with Gasteiger partial charge in [0.2, 0.25) is 0 Å². The van der Waals surface area contributed by atoms with E-state index in [0.29, 0.717) is 13.2 Å². The fourth-order valence-corrected chi connectivity index (χ4v) is 2.28. The van der Waals surface area contributed by atoms with Gasteiger partial charge in [0.05, 0.1) is 12.7 Å². The third kappa shape index (κ3) is 3.17. The van der Waals surface area contributed by atoms with Crippen LogP contribution in [-0.2, 0) is 22.3 Å². The van der Waals surface area contributed by atoms with E-state index in [9.17, 15) is 0 Å². The Morgan fingerprint density at radius 2 is 2.11 bits per heavy atom. The normalized spacial score (nSPS) is 16.1. The molecule has 1 aromatic heterocycles. The molecule has 18 heavy (non-hydrogen) atoms. The summed E-state index contributed by atoms with van der Waals surface area (Å²) in [5, 5.41) is 3.35. The Kier molecular flexibility index (Phi) is 4.90. The van der Waals surface area contributed by atoms with Gasteiger partial charge in [-0.1, -0.05) is 0 Å². The van der Waals surface area contributed by atoms with Crippen LogP contribution in [-0.4, -0.2) is 43.4 Å². The van der Waals surface area contributed by atoms with Crippen molar-refractivity contribution in [3.63, 3.8) is 0 Å². The summed E-state index contributed by atoms with van der Waals surface area (Å²) >= 11 is 0. The first-order valence-corrected chi connectivity index (χ1v) is 6.43. The van der Waals surface area contributed by atoms with Crippen LogP contribution in [0.5, 0.6) is 0 Å². The Morgan fingerprint density at radius 1 is 1.28 bits per heavy atom. The van der Waals surface area contributed by atoms with Gasteiger partial charge < -0.3 is 14.8 Å². The van der Waals surface area contributed by atoms with E-state index in [1.54, 1.807) is 20.5 Å². The predicted molar refractivity (Wildman–Crippen MR) is 69.8 cm³/mol. The fourth-order valence-electron chi connectivity index (χ4n) is 2.28. The summed E-state index contributed by atoms with van der Waals surface area (Å²) in [6.07, 6.45) is 6.28. The van der Waals surface area contributed by atoms with Crippen LogP contribution in [0.1, 0.15) is 24.1 Å². The summed E-state index contributed by atoms with van der Waals surface area (Å²) in [4.78, 5) is 8.70. The molecule has 100 valence electrons. The predicted octanol–water partition coefficient (Wildman–Crippen LogP) is 1.43. The van der Waals surface area contributed by atoms with Gasteiger partial charge >= 0.3 is 0 Å². The minimum Gasteiger partial charge on any atom is -0.382 e. The number of ether oxygens (including phenoxy) is 2. The van der Waals surface area contributed by atoms with Crippen molar-refractivity contribution in [1.82, 2.24) is 9.97 Å². The zero-order chi connectivity index (χ0) is 12.8. The van der Waals surface area contributed by atoms with E-state index in [4.69, 9.17) is 9.47 Å². The monoisotopic (exact) mass is 251 g/mol. The minimum absolute atomic E-state index is 0.0456. The summed E-state index contributed by atoms with van der Waals surface area (Å²) < 4.78 is 10.4. The van der Waals surface area contributed by atoms with E-state index in [2.05, 4.69) is 15.3 Å². The molecular formula is C13H21N3O2. The number of aromatic nitrogens is 2. The van der Waals surface area contributed by atoms with Crippen molar-refractivity contribution >= 4 is 5.82 Å². The average Bonchev–Trinajstić information content (AvgIpc) is 2.43. The van der Waals surface area contributed by atoms with Crippen LogP contribution >= 0.6 is 0 Å². The number of fused-ring (bicyclic) bond motifs is 1. The van der Waals surface area contributed by atoms with Crippen molar-refractivity contribution in [2.45, 2.75) is 31.8 Å². The number of methoxy groups -OCH3 is 2. The Balaban J connectivity index is 2.00. The maximum atomic E-state index is 5.33. The Bertz CT molecular complexity index is 384. The van der Waals surface area contributed by atoms with Gasteiger partial charge in [0.15, 0.2) is 0 Å². The summed E-state index contributed by atoms with van der Waals surface area (Å²) in [7, 11) is 3.37. The van der Waals surface area contributed by atoms with Crippen LogP contribution in [0.2, 0.25) is 0 Å². The molecule has 0 aromatic carbocycles. The second-order valence-electron chi connectivity index (χ2n) is 4.55. The Labute approximate surface area is 108 Å². The van der Waals surface area contributed by atoms with Crippen LogP contribution in [0.3, 0.4) is 0 Å². The lowest BCUT2D eigenvalue weighted by Gasteiger charge is -2.20. The van der Waals surface area contributed by atoms with Gasteiger partial charge in [-0.15, -0.1) is 0 Å². The van der Waals surface area contributed by atoms with Crippen LogP contribution in [0, 0.1) is 0 Å². The second kappa shape index (κ2) is 6.66. The second-order valence-corrected chi connectivity index (χ2v) is 4.55. The van der Waals surface area contributed by atoms with Crippen LogP contribution in [0.4, 0.5) is 5.82 Å². The Hall–Kier alpha value is -1.20. The quantitative estimate of drug-likeness (QED) is 0.829. The lowest BCUT2D eigenvalue weighted by molar-refractivity contribution is 0.0365. The molecule has 0 spiro atoms. The van der Waals surface area contributed by atoms with Crippen molar-refractivity contribution in [2.75, 3.05) is 32.7 Å². The summed E-state index contributed by atoms with van der Waals surface area (Å²) in [6, 6.07) is 0. The van der Waals surface area contributed by atoms with Gasteiger partial charge in [-0.25, -0.2) is 9.97 Å². The van der Waals surface area contributed by atoms with Crippen LogP contribution in [0.25, 0.3) is 0 Å². The minimum atomic E-state index is 0.0456. The highest BCUT2D eigenvalue weighted by molar-refractivity contribution is 5.47. The number of nitrogens with one attached hydrogen (secondary N) is 1. The van der Waals surface area contributed by atoms with E-state index < -0.39 is 0 Å². The number of aryl methyl sites for hydroxylation is 1. The highest BCUT2D eigenvalue weighted by Crippen LogP contribution is 2.24. The number of nitrogens with zero attached hydrogens (tertiary/aromatic N) is 2. The molecule has 0 saturated carbocycles. The van der Waals surface area contributed by atoms with Crippen LogP contribution < -0.4 is 5.32 Å². The van der Waals surface area contributed by atoms with Crippen molar-refractivity contribution in [2.24, 2.45) is 0 Å². The number of anilines is 1. The fraction of sp³-hybridized carbons (Fsp3) is 0.692. The molecule has 5 heteroatoms. The standard InChI is InChI=1S/C13H21N3O2/c1-17-8-10(18-2)7-14-13-11-5-3-4-6-12(11)15-9-16-13/h9-10H,3-8H2,1-2H3,(H,14,15,16). The molecule has 1 aliphatic rings. The first kappa shape index (κ1) is 13.2. The Morgan fingerprint density at radius 3 is 2.89 bits per heavy atom. The number of hydrogen-bond donors (Lipinski definition) is 1. The summed E-state index contributed by atoms with van der Waals surface area (Å²) in [5.74, 6) is 0.956. The molecular weight excluding hydrogens is 230 g/mol. The molecule has 1 atom stereocenters. The third-order valence-corrected chi connectivity index (χ3v) is 3.31. The third-order valence-electron chi connectivity index (χ3n) is 3.31. The van der Waals surface area contributed by atoms with E-state index in [0.717, 1.165) is 18.7 Å². The lowest BCUT2D eigenvalue weighted by atomic mass is 9.96. The van der Waals surface area contributed by atoms with Crippen molar-refractivity contribution in [3.8, 4) is 0 Å². The van der Waals surface area contributed by atoms with Gasteiger partial charge in [-0.05, 0) is 25.7 Å². The molecule has 1 aromatic rings. The van der Waals surface area contributed by atoms with Gasteiger partial charge in [0, 0.05) is 32.0 Å². The molecule has 0 aliphatic heterocycles. The molecule has 2 rings (SSSR count). The van der Waals surface area contributed by atoms with Gasteiger partial charge in [-0.3, -0.25) is 0 Å². The molecule has 1 aliphatic carbocycles. The van der Waals surface area contributed by atoms with Gasteiger partial charge in [0.1, 0.15) is 12.1 Å². The molecule has 0 bridgehead atoms. The first-order chi connectivity index (χ1) is 8.85. The van der Waals surface area contributed by atoms with E-state index in [1.807, 2.05) is 0 Å². The summed E-state index contributed by atoms with van der Waals surface area (Å²) in [6.45, 7) is 1.28. The molecule has 1 unspecified atom stereocenters. The maximum absolute atomic E-state index is 5.33. The first-order valence-electron chi connectivity index (χ1n) is 6.43. The average molecular weight is 251 g/mol. The molecule has 1 N–H and O–H groups in total. The molecule has 0 amide bonds. The molecule has 5 nitrogen and oxygen atoms in total. The SMILES string of the molecule is COCC(CNc1ncnc2c1CCCC2)OC.